The van der Waals surface area contributed by atoms with Crippen LogP contribution in [0.25, 0.3) is 11.1 Å². The number of hydrogen-bond acceptors (Lipinski definition) is 3. The monoisotopic (exact) mass is 282 g/mol. The van der Waals surface area contributed by atoms with Gasteiger partial charge in [0.15, 0.2) is 0 Å². The highest BCUT2D eigenvalue weighted by Crippen LogP contribution is 2.28. The van der Waals surface area contributed by atoms with E-state index in [1.807, 2.05) is 56.3 Å². The van der Waals surface area contributed by atoms with E-state index >= 15 is 0 Å². The molecular formula is C18H18O3. The number of methoxy groups -OCH3 is 1. The number of esters is 1. The van der Waals surface area contributed by atoms with Gasteiger partial charge in [-0.3, -0.25) is 9.59 Å². The first-order valence-electron chi connectivity index (χ1n) is 6.73. The Balaban J connectivity index is 2.34. The number of benzene rings is 2. The minimum atomic E-state index is -0.683. The van der Waals surface area contributed by atoms with Gasteiger partial charge in [0.25, 0.3) is 0 Å². The molecule has 0 atom stereocenters. The molecule has 21 heavy (non-hydrogen) atoms. The van der Waals surface area contributed by atoms with Gasteiger partial charge in [-0.1, -0.05) is 42.5 Å². The summed E-state index contributed by atoms with van der Waals surface area (Å²) < 4.78 is 4.84. The zero-order valence-electron chi connectivity index (χ0n) is 12.4. The van der Waals surface area contributed by atoms with E-state index in [0.717, 1.165) is 23.0 Å². The summed E-state index contributed by atoms with van der Waals surface area (Å²) in [6.07, 6.45) is 0.832. The number of ether oxygens (including phenoxy) is 1. The number of aldehydes is 1. The fourth-order valence-corrected chi connectivity index (χ4v) is 2.24. The summed E-state index contributed by atoms with van der Waals surface area (Å²) in [5.74, 6) is -0.266. The minimum Gasteiger partial charge on any atom is -0.468 e. The van der Waals surface area contributed by atoms with E-state index in [1.165, 1.54) is 7.11 Å². The van der Waals surface area contributed by atoms with Crippen molar-refractivity contribution >= 4 is 12.3 Å². The van der Waals surface area contributed by atoms with E-state index in [4.69, 9.17) is 4.74 Å². The van der Waals surface area contributed by atoms with Crippen LogP contribution in [0.2, 0.25) is 0 Å². The maximum Gasteiger partial charge on any atom is 0.315 e. The molecule has 0 aliphatic rings. The van der Waals surface area contributed by atoms with Crippen LogP contribution in [0.4, 0.5) is 0 Å². The summed E-state index contributed by atoms with van der Waals surface area (Å²) >= 11 is 0. The average Bonchev–Trinajstić information content (AvgIpc) is 2.54. The van der Waals surface area contributed by atoms with Gasteiger partial charge in [0.1, 0.15) is 6.29 Å². The fourth-order valence-electron chi connectivity index (χ4n) is 2.24. The highest BCUT2D eigenvalue weighted by molar-refractivity contribution is 5.83. The zero-order valence-corrected chi connectivity index (χ0v) is 12.4. The van der Waals surface area contributed by atoms with E-state index in [1.54, 1.807) is 6.07 Å². The van der Waals surface area contributed by atoms with Gasteiger partial charge in [-0.25, -0.2) is 0 Å². The van der Waals surface area contributed by atoms with Gasteiger partial charge in [0.2, 0.25) is 0 Å². The lowest BCUT2D eigenvalue weighted by atomic mass is 9.84. The molecule has 0 saturated heterocycles. The van der Waals surface area contributed by atoms with Crippen LogP contribution in [0, 0.1) is 0 Å². The molecular weight excluding hydrogens is 264 g/mol. The molecule has 0 amide bonds. The van der Waals surface area contributed by atoms with Crippen molar-refractivity contribution in [2.45, 2.75) is 19.3 Å². The lowest BCUT2D eigenvalue weighted by molar-refractivity contribution is -0.146. The van der Waals surface area contributed by atoms with Gasteiger partial charge in [0, 0.05) is 5.56 Å². The van der Waals surface area contributed by atoms with Gasteiger partial charge in [-0.05, 0) is 36.6 Å². The summed E-state index contributed by atoms with van der Waals surface area (Å²) in [6.45, 7) is 3.67. The molecule has 0 spiro atoms. The predicted octanol–water partition coefficient (Wildman–Crippen LogP) is 3.62. The van der Waals surface area contributed by atoms with Crippen molar-refractivity contribution in [3.63, 3.8) is 0 Å². The average molecular weight is 282 g/mol. The predicted molar refractivity (Wildman–Crippen MR) is 82.3 cm³/mol. The Kier molecular flexibility index (Phi) is 4.22. The molecule has 3 nitrogen and oxygen atoms in total. The minimum absolute atomic E-state index is 0.266. The topological polar surface area (TPSA) is 43.4 Å². The summed E-state index contributed by atoms with van der Waals surface area (Å²) in [6, 6.07) is 15.1. The molecule has 2 aromatic rings. The lowest BCUT2D eigenvalue weighted by Gasteiger charge is -2.22. The van der Waals surface area contributed by atoms with Crippen molar-refractivity contribution in [3.8, 4) is 11.1 Å². The first-order chi connectivity index (χ1) is 9.98. The van der Waals surface area contributed by atoms with E-state index < -0.39 is 5.41 Å². The molecule has 0 saturated carbocycles. The molecule has 0 fully saturated rings. The standard InChI is InChI=1S/C18H18O3/c1-18(2,17(20)21-3)16-9-7-14(8-10-16)15-6-4-5-13(11-15)12-19/h4-12H,1-3H3. The number of hydrogen-bond donors (Lipinski definition) is 0. The lowest BCUT2D eigenvalue weighted by Crippen LogP contribution is -2.30. The molecule has 2 aromatic carbocycles. The molecule has 0 aliphatic heterocycles. The molecule has 0 unspecified atom stereocenters. The summed E-state index contributed by atoms with van der Waals surface area (Å²) in [7, 11) is 1.39. The Morgan fingerprint density at radius 1 is 1.05 bits per heavy atom. The van der Waals surface area contributed by atoms with Crippen molar-refractivity contribution in [3.05, 3.63) is 59.7 Å². The van der Waals surface area contributed by atoms with Crippen LogP contribution in [-0.2, 0) is 14.9 Å². The number of rotatable bonds is 4. The maximum absolute atomic E-state index is 11.8. The van der Waals surface area contributed by atoms with Crippen LogP contribution in [0.1, 0.15) is 29.8 Å². The van der Waals surface area contributed by atoms with Crippen molar-refractivity contribution in [2.75, 3.05) is 7.11 Å². The summed E-state index contributed by atoms with van der Waals surface area (Å²) in [4.78, 5) is 22.6. The first kappa shape index (κ1) is 15.0. The SMILES string of the molecule is COC(=O)C(C)(C)c1ccc(-c2cccc(C=O)c2)cc1. The Bertz CT molecular complexity index is 654. The number of carbonyl (C=O) groups excluding carboxylic acids is 2. The Hall–Kier alpha value is -2.42. The van der Waals surface area contributed by atoms with Gasteiger partial charge in [0.05, 0.1) is 12.5 Å². The smallest absolute Gasteiger partial charge is 0.315 e. The quantitative estimate of drug-likeness (QED) is 0.635. The molecule has 0 N–H and O–H groups in total. The van der Waals surface area contributed by atoms with Crippen molar-refractivity contribution in [2.24, 2.45) is 0 Å². The zero-order chi connectivity index (χ0) is 15.5. The summed E-state index contributed by atoms with van der Waals surface area (Å²) in [5, 5.41) is 0. The number of carbonyl (C=O) groups is 2. The normalized spacial score (nSPS) is 11.0. The first-order valence-corrected chi connectivity index (χ1v) is 6.73. The van der Waals surface area contributed by atoms with Gasteiger partial charge >= 0.3 is 5.97 Å². The molecule has 0 bridgehead atoms. The Morgan fingerprint density at radius 3 is 2.29 bits per heavy atom. The molecule has 2 rings (SSSR count). The second-order valence-electron chi connectivity index (χ2n) is 5.44. The van der Waals surface area contributed by atoms with Crippen molar-refractivity contribution in [1.82, 2.24) is 0 Å². The highest BCUT2D eigenvalue weighted by Gasteiger charge is 2.30. The second-order valence-corrected chi connectivity index (χ2v) is 5.44. The van der Waals surface area contributed by atoms with E-state index in [0.29, 0.717) is 5.56 Å². The van der Waals surface area contributed by atoms with Crippen molar-refractivity contribution in [1.29, 1.82) is 0 Å². The van der Waals surface area contributed by atoms with Crippen LogP contribution in [0.3, 0.4) is 0 Å². The van der Waals surface area contributed by atoms with E-state index in [9.17, 15) is 9.59 Å². The van der Waals surface area contributed by atoms with Crippen LogP contribution in [-0.4, -0.2) is 19.4 Å². The van der Waals surface area contributed by atoms with E-state index in [2.05, 4.69) is 0 Å². The largest absolute Gasteiger partial charge is 0.468 e. The molecule has 0 aliphatic carbocycles. The van der Waals surface area contributed by atoms with Gasteiger partial charge < -0.3 is 4.74 Å². The van der Waals surface area contributed by atoms with Crippen LogP contribution in [0.15, 0.2) is 48.5 Å². The van der Waals surface area contributed by atoms with Crippen LogP contribution < -0.4 is 0 Å². The molecule has 108 valence electrons. The van der Waals surface area contributed by atoms with Gasteiger partial charge in [-0.15, -0.1) is 0 Å². The maximum atomic E-state index is 11.8. The third-order valence-electron chi connectivity index (χ3n) is 3.66. The third-order valence-corrected chi connectivity index (χ3v) is 3.66. The fraction of sp³-hybridized carbons (Fsp3) is 0.222. The highest BCUT2D eigenvalue weighted by atomic mass is 16.5. The summed E-state index contributed by atoms with van der Waals surface area (Å²) in [5.41, 5.74) is 2.83. The molecule has 0 radical (unpaired) electrons. The Labute approximate surface area is 124 Å². The van der Waals surface area contributed by atoms with Crippen LogP contribution in [0.5, 0.6) is 0 Å². The third kappa shape index (κ3) is 3.02. The van der Waals surface area contributed by atoms with Crippen molar-refractivity contribution < 1.29 is 14.3 Å². The molecule has 3 heteroatoms. The Morgan fingerprint density at radius 2 is 1.71 bits per heavy atom. The second kappa shape index (κ2) is 5.92. The molecule has 0 heterocycles. The molecule has 0 aromatic heterocycles. The van der Waals surface area contributed by atoms with Gasteiger partial charge in [-0.2, -0.15) is 0 Å². The van der Waals surface area contributed by atoms with Crippen LogP contribution >= 0.6 is 0 Å². The van der Waals surface area contributed by atoms with E-state index in [-0.39, 0.29) is 5.97 Å².